The number of nitrogens with one attached hydrogen (secondary N) is 3. The van der Waals surface area contributed by atoms with Crippen molar-refractivity contribution in [1.82, 2.24) is 25.5 Å². The summed E-state index contributed by atoms with van der Waals surface area (Å²) in [6.07, 6.45) is 4.25. The van der Waals surface area contributed by atoms with Crippen molar-refractivity contribution in [3.05, 3.63) is 18.2 Å². The van der Waals surface area contributed by atoms with Crippen LogP contribution in [0.3, 0.4) is 0 Å². The molecule has 1 aliphatic rings. The first-order valence-corrected chi connectivity index (χ1v) is 10.1. The number of aliphatic carboxylic acids is 1. The monoisotopic (exact) mass is 438 g/mol. The zero-order chi connectivity index (χ0) is 23.1. The maximum atomic E-state index is 12.8. The van der Waals surface area contributed by atoms with Gasteiger partial charge in [0.1, 0.15) is 18.1 Å². The molecule has 0 aliphatic carbocycles. The second-order valence-electron chi connectivity index (χ2n) is 7.89. The van der Waals surface area contributed by atoms with Crippen LogP contribution in [0, 0.1) is 5.92 Å². The Kier molecular flexibility index (Phi) is 8.51. The van der Waals surface area contributed by atoms with Gasteiger partial charge in [0.15, 0.2) is 0 Å². The lowest BCUT2D eigenvalue weighted by Crippen LogP contribution is -2.58. The number of carbonyl (C=O) groups is 4. The molecule has 0 bridgehead atoms. The third-order valence-electron chi connectivity index (χ3n) is 5.20. The van der Waals surface area contributed by atoms with Gasteiger partial charge in [0.25, 0.3) is 0 Å². The van der Waals surface area contributed by atoms with Gasteiger partial charge in [-0.1, -0.05) is 13.8 Å². The summed E-state index contributed by atoms with van der Waals surface area (Å²) in [6.45, 7) is 2.88. The predicted octanol–water partition coefficient (Wildman–Crippen LogP) is -2.03. The van der Waals surface area contributed by atoms with Crippen LogP contribution in [0.1, 0.15) is 32.4 Å². The number of H-pyrrole nitrogens is 1. The summed E-state index contributed by atoms with van der Waals surface area (Å²) in [6, 6.07) is -4.21. The molecule has 4 unspecified atom stereocenters. The van der Waals surface area contributed by atoms with E-state index in [-0.39, 0.29) is 6.42 Å². The Labute approximate surface area is 179 Å². The molecule has 31 heavy (non-hydrogen) atoms. The molecule has 0 saturated carbocycles. The van der Waals surface area contributed by atoms with Gasteiger partial charge in [-0.25, -0.2) is 9.78 Å². The van der Waals surface area contributed by atoms with Gasteiger partial charge in [-0.3, -0.25) is 14.4 Å². The van der Waals surface area contributed by atoms with Crippen LogP contribution in [0.15, 0.2) is 12.5 Å². The van der Waals surface area contributed by atoms with E-state index in [4.69, 9.17) is 5.73 Å². The lowest BCUT2D eigenvalue weighted by atomic mass is 10.0. The van der Waals surface area contributed by atoms with Crippen LogP contribution in [0.4, 0.5) is 0 Å². The summed E-state index contributed by atoms with van der Waals surface area (Å²) >= 11 is 0. The Bertz CT molecular complexity index is 783. The Morgan fingerprint density at radius 3 is 2.58 bits per heavy atom. The molecule has 1 aromatic rings. The number of aliphatic hydroxyl groups is 1. The molecule has 12 heteroatoms. The second-order valence-corrected chi connectivity index (χ2v) is 7.89. The Balaban J connectivity index is 2.00. The fraction of sp³-hybridized carbons (Fsp3) is 0.632. The summed E-state index contributed by atoms with van der Waals surface area (Å²) in [5.74, 6) is -3.43. The number of carboxylic acids is 1. The first-order chi connectivity index (χ1) is 14.6. The summed E-state index contributed by atoms with van der Waals surface area (Å²) in [5.41, 5.74) is 6.70. The molecule has 1 aliphatic heterocycles. The highest BCUT2D eigenvalue weighted by atomic mass is 16.4. The van der Waals surface area contributed by atoms with Crippen LogP contribution >= 0.6 is 0 Å². The predicted molar refractivity (Wildman–Crippen MR) is 108 cm³/mol. The first-order valence-electron chi connectivity index (χ1n) is 10.1. The quantitative estimate of drug-likeness (QED) is 0.241. The average Bonchev–Trinajstić information content (AvgIpc) is 3.40. The largest absolute Gasteiger partial charge is 0.480 e. The highest BCUT2D eigenvalue weighted by Gasteiger charge is 2.38. The van der Waals surface area contributed by atoms with E-state index in [9.17, 15) is 29.4 Å². The van der Waals surface area contributed by atoms with Gasteiger partial charge >= 0.3 is 5.97 Å². The van der Waals surface area contributed by atoms with Crippen LogP contribution < -0.4 is 16.4 Å². The van der Waals surface area contributed by atoms with Crippen LogP contribution in [0.25, 0.3) is 0 Å². The van der Waals surface area contributed by atoms with Crippen LogP contribution in [-0.4, -0.2) is 86.1 Å². The molecular formula is C19H30N6O6. The number of carbonyl (C=O) groups excluding carboxylic acids is 3. The highest BCUT2D eigenvalue weighted by molar-refractivity contribution is 5.94. The minimum atomic E-state index is -1.34. The number of nitrogens with zero attached hydrogens (tertiary/aromatic N) is 2. The van der Waals surface area contributed by atoms with Crippen LogP contribution in [0.5, 0.6) is 0 Å². The first kappa shape index (κ1) is 24.3. The van der Waals surface area contributed by atoms with Crippen molar-refractivity contribution in [2.45, 2.75) is 57.3 Å². The van der Waals surface area contributed by atoms with Crippen molar-refractivity contribution in [3.8, 4) is 0 Å². The molecule has 1 aromatic heterocycles. The lowest BCUT2D eigenvalue weighted by Gasteiger charge is -2.28. The molecule has 1 saturated heterocycles. The van der Waals surface area contributed by atoms with E-state index in [1.54, 1.807) is 20.0 Å². The molecule has 3 amide bonds. The summed E-state index contributed by atoms with van der Waals surface area (Å²) in [7, 11) is 0. The van der Waals surface area contributed by atoms with Gasteiger partial charge in [0.2, 0.25) is 17.7 Å². The number of aromatic amines is 1. The van der Waals surface area contributed by atoms with Crippen molar-refractivity contribution in [1.29, 1.82) is 0 Å². The van der Waals surface area contributed by atoms with E-state index in [2.05, 4.69) is 20.6 Å². The number of nitrogens with two attached hydrogens (primary N) is 1. The van der Waals surface area contributed by atoms with Crippen molar-refractivity contribution in [2.24, 2.45) is 11.7 Å². The molecule has 2 rings (SSSR count). The number of hydrogen-bond donors (Lipinski definition) is 6. The van der Waals surface area contributed by atoms with E-state index in [1.165, 1.54) is 11.2 Å². The zero-order valence-electron chi connectivity index (χ0n) is 17.6. The number of imidazole rings is 1. The van der Waals surface area contributed by atoms with Gasteiger partial charge < -0.3 is 36.5 Å². The number of rotatable bonds is 10. The Morgan fingerprint density at radius 1 is 1.32 bits per heavy atom. The molecular weight excluding hydrogens is 408 g/mol. The van der Waals surface area contributed by atoms with Gasteiger partial charge in [-0.2, -0.15) is 0 Å². The molecule has 4 atom stereocenters. The number of carboxylic acid groups (broad SMARTS) is 1. The highest BCUT2D eigenvalue weighted by Crippen LogP contribution is 2.19. The zero-order valence-corrected chi connectivity index (χ0v) is 17.6. The Morgan fingerprint density at radius 2 is 2.03 bits per heavy atom. The molecule has 172 valence electrons. The second kappa shape index (κ2) is 10.9. The average molecular weight is 438 g/mol. The standard InChI is InChI=1S/C19H30N6O6/c1-10(2)15(19(30)31)24-16(27)13(8-26)23-17(28)14-4-3-5-25(14)18(29)12(20)6-11-7-21-9-22-11/h7,9-10,12-15,26H,3-6,8,20H2,1-2H3,(H,21,22)(H,23,28)(H,24,27)(H,30,31). The lowest BCUT2D eigenvalue weighted by molar-refractivity contribution is -0.144. The number of aliphatic hydroxyl groups excluding tert-OH is 1. The minimum Gasteiger partial charge on any atom is -0.480 e. The van der Waals surface area contributed by atoms with Gasteiger partial charge in [-0.05, 0) is 18.8 Å². The third-order valence-corrected chi connectivity index (χ3v) is 5.20. The minimum absolute atomic E-state index is 0.233. The van der Waals surface area contributed by atoms with Gasteiger partial charge in [-0.15, -0.1) is 0 Å². The van der Waals surface area contributed by atoms with Crippen molar-refractivity contribution in [2.75, 3.05) is 13.2 Å². The fourth-order valence-electron chi connectivity index (χ4n) is 3.47. The normalized spacial score (nSPS) is 19.0. The smallest absolute Gasteiger partial charge is 0.326 e. The van der Waals surface area contributed by atoms with Gasteiger partial charge in [0, 0.05) is 24.9 Å². The molecule has 12 nitrogen and oxygen atoms in total. The van der Waals surface area contributed by atoms with Crippen molar-refractivity contribution < 1.29 is 29.4 Å². The number of amides is 3. The molecule has 0 radical (unpaired) electrons. The maximum Gasteiger partial charge on any atom is 0.326 e. The number of likely N-dealkylation sites (tertiary alicyclic amines) is 1. The topological polar surface area (TPSA) is 191 Å². The third kappa shape index (κ3) is 6.25. The SMILES string of the molecule is CC(C)C(NC(=O)C(CO)NC(=O)C1CCCN1C(=O)C(N)Cc1cnc[nH]1)C(=O)O. The van der Waals surface area contributed by atoms with E-state index in [0.717, 1.165) is 0 Å². The maximum absolute atomic E-state index is 12.8. The number of aromatic nitrogens is 2. The van der Waals surface area contributed by atoms with Crippen LogP contribution in [-0.2, 0) is 25.6 Å². The van der Waals surface area contributed by atoms with Gasteiger partial charge in [0.05, 0.1) is 19.0 Å². The van der Waals surface area contributed by atoms with Crippen molar-refractivity contribution in [3.63, 3.8) is 0 Å². The van der Waals surface area contributed by atoms with Crippen molar-refractivity contribution >= 4 is 23.7 Å². The molecule has 0 aromatic carbocycles. The van der Waals surface area contributed by atoms with Crippen LogP contribution in [0.2, 0.25) is 0 Å². The summed E-state index contributed by atoms with van der Waals surface area (Å²) < 4.78 is 0. The fourth-order valence-corrected chi connectivity index (χ4v) is 3.47. The molecule has 0 spiro atoms. The molecule has 1 fully saturated rings. The molecule has 7 N–H and O–H groups in total. The van der Waals surface area contributed by atoms with E-state index in [1.807, 2.05) is 0 Å². The van der Waals surface area contributed by atoms with E-state index in [0.29, 0.717) is 25.1 Å². The van der Waals surface area contributed by atoms with E-state index >= 15 is 0 Å². The molecule has 2 heterocycles. The summed E-state index contributed by atoms with van der Waals surface area (Å²) in [4.78, 5) is 57.3. The summed E-state index contributed by atoms with van der Waals surface area (Å²) in [5, 5.41) is 23.5. The number of hydrogen-bond acceptors (Lipinski definition) is 7. The van der Waals surface area contributed by atoms with E-state index < -0.39 is 60.4 Å². The Hall–Kier alpha value is -2.99.